The summed E-state index contributed by atoms with van der Waals surface area (Å²) in [6, 6.07) is 0. The van der Waals surface area contributed by atoms with Crippen LogP contribution in [0.15, 0.2) is 19.0 Å². The van der Waals surface area contributed by atoms with Crippen LogP contribution in [0.25, 0.3) is 22.3 Å². The van der Waals surface area contributed by atoms with Crippen LogP contribution in [0.4, 0.5) is 11.6 Å². The lowest BCUT2D eigenvalue weighted by atomic mass is 10.1. The predicted octanol–water partition coefficient (Wildman–Crippen LogP) is -3.60. The van der Waals surface area contributed by atoms with Crippen molar-refractivity contribution in [3.05, 3.63) is 24.8 Å². The van der Waals surface area contributed by atoms with Crippen LogP contribution >= 0.6 is 0 Å². The van der Waals surface area contributed by atoms with E-state index in [0.29, 0.717) is 11.2 Å². The number of nitrogens with two attached hydrogens (primary N) is 3. The highest BCUT2D eigenvalue weighted by molar-refractivity contribution is 5.82. The second kappa shape index (κ2) is 10.7. The Kier molecular flexibility index (Phi) is 7.10. The summed E-state index contributed by atoms with van der Waals surface area (Å²) in [7, 11) is 0. The number of imidazole rings is 2. The number of aromatic nitrogens is 8. The minimum absolute atomic E-state index is 0.0170. The largest absolute Gasteiger partial charge is 0.387 e. The normalized spacial score (nSPS) is 29.8. The van der Waals surface area contributed by atoms with Gasteiger partial charge in [-0.05, 0) is 5.92 Å². The Balaban J connectivity index is 1.16. The lowest BCUT2D eigenvalue weighted by Crippen LogP contribution is -2.35. The molecule has 216 valence electrons. The maximum atomic E-state index is 10.6. The molecule has 0 aromatic carbocycles. The number of nitrogens with zero attached hydrogens (tertiary/aromatic N) is 8. The lowest BCUT2D eigenvalue weighted by molar-refractivity contribution is -0.0615. The van der Waals surface area contributed by atoms with Gasteiger partial charge < -0.3 is 51.8 Å². The standard InChI is InChI=1S/C23H27N11O7/c24-4-9-14(35)17(38)23(40-9)34-11(32-13-19(26)28-7-30-21(13)34)2-1-3-39-5-10-15(36)16(37)22(41-10)33-8-31-12-18(25)27-6-29-20(12)33/h6-10,14-17,22-23,35-38H,3-5,24H2,(H2,25,27,29)(H2,26,28,30)/t9-,10-,14-,15-,16-,17-,22-,23-/m1/s1. The molecule has 0 spiro atoms. The highest BCUT2D eigenvalue weighted by Crippen LogP contribution is 2.34. The zero-order valence-corrected chi connectivity index (χ0v) is 21.3. The predicted molar refractivity (Wildman–Crippen MR) is 138 cm³/mol. The van der Waals surface area contributed by atoms with Crippen LogP contribution in [0.5, 0.6) is 0 Å². The van der Waals surface area contributed by atoms with Crippen molar-refractivity contribution in [3.63, 3.8) is 0 Å². The topological polar surface area (TPSA) is 274 Å². The van der Waals surface area contributed by atoms with Crippen molar-refractivity contribution in [1.82, 2.24) is 39.0 Å². The summed E-state index contributed by atoms with van der Waals surface area (Å²) in [6.07, 6.45) is -4.98. The maximum Gasteiger partial charge on any atom is 0.190 e. The summed E-state index contributed by atoms with van der Waals surface area (Å²) in [4.78, 5) is 24.7. The van der Waals surface area contributed by atoms with Crippen LogP contribution in [0.2, 0.25) is 0 Å². The summed E-state index contributed by atoms with van der Waals surface area (Å²) in [5, 5.41) is 42.1. The van der Waals surface area contributed by atoms with E-state index in [1.165, 1.54) is 28.1 Å². The molecule has 6 rings (SSSR count). The number of aliphatic hydroxyl groups excluding tert-OH is 4. The van der Waals surface area contributed by atoms with Crippen LogP contribution in [0.1, 0.15) is 18.3 Å². The number of nitrogen functional groups attached to an aromatic ring is 2. The van der Waals surface area contributed by atoms with Gasteiger partial charge in [0.15, 0.2) is 46.7 Å². The summed E-state index contributed by atoms with van der Waals surface area (Å²) >= 11 is 0. The Labute approximate surface area is 230 Å². The summed E-state index contributed by atoms with van der Waals surface area (Å²) in [6.45, 7) is -0.231. The van der Waals surface area contributed by atoms with E-state index in [2.05, 4.69) is 41.7 Å². The van der Waals surface area contributed by atoms with Crippen LogP contribution in [-0.2, 0) is 14.2 Å². The highest BCUT2D eigenvalue weighted by atomic mass is 16.6. The summed E-state index contributed by atoms with van der Waals surface area (Å²) in [5.41, 5.74) is 18.6. The molecular formula is C23H27N11O7. The van der Waals surface area contributed by atoms with Gasteiger partial charge in [0.05, 0.1) is 12.9 Å². The van der Waals surface area contributed by atoms with Gasteiger partial charge in [0.1, 0.15) is 61.4 Å². The van der Waals surface area contributed by atoms with Crippen molar-refractivity contribution < 1.29 is 34.6 Å². The number of ether oxygens (including phenoxy) is 3. The number of rotatable bonds is 6. The van der Waals surface area contributed by atoms with E-state index >= 15 is 0 Å². The van der Waals surface area contributed by atoms with E-state index in [9.17, 15) is 20.4 Å². The minimum Gasteiger partial charge on any atom is -0.387 e. The number of anilines is 2. The molecule has 0 saturated carbocycles. The first-order chi connectivity index (χ1) is 19.8. The molecule has 0 radical (unpaired) electrons. The second-order valence-corrected chi connectivity index (χ2v) is 9.46. The van der Waals surface area contributed by atoms with Crippen molar-refractivity contribution in [2.75, 3.05) is 31.2 Å². The van der Waals surface area contributed by atoms with E-state index in [0.717, 1.165) is 0 Å². The Bertz CT molecular complexity index is 1630. The lowest BCUT2D eigenvalue weighted by Gasteiger charge is -2.17. The van der Waals surface area contributed by atoms with Gasteiger partial charge in [0.25, 0.3) is 0 Å². The molecule has 2 saturated heterocycles. The maximum absolute atomic E-state index is 10.6. The number of hydrogen-bond donors (Lipinski definition) is 7. The molecule has 4 aromatic heterocycles. The number of fused-ring (bicyclic) bond motifs is 2. The zero-order chi connectivity index (χ0) is 28.8. The molecule has 2 aliphatic rings. The molecule has 4 aromatic rings. The molecule has 2 fully saturated rings. The molecule has 41 heavy (non-hydrogen) atoms. The van der Waals surface area contributed by atoms with E-state index in [1.807, 2.05) is 0 Å². The monoisotopic (exact) mass is 569 g/mol. The van der Waals surface area contributed by atoms with E-state index in [4.69, 9.17) is 31.4 Å². The molecule has 18 nitrogen and oxygen atoms in total. The quantitative estimate of drug-likeness (QED) is 0.0872. The van der Waals surface area contributed by atoms with Gasteiger partial charge in [-0.25, -0.2) is 29.9 Å². The Morgan fingerprint density at radius 1 is 0.829 bits per heavy atom. The van der Waals surface area contributed by atoms with Gasteiger partial charge in [0, 0.05) is 6.54 Å². The summed E-state index contributed by atoms with van der Waals surface area (Å²) < 4.78 is 20.1. The Morgan fingerprint density at radius 3 is 2.22 bits per heavy atom. The molecule has 0 amide bonds. The van der Waals surface area contributed by atoms with Gasteiger partial charge >= 0.3 is 0 Å². The van der Waals surface area contributed by atoms with Crippen molar-refractivity contribution in [2.45, 2.75) is 49.1 Å². The van der Waals surface area contributed by atoms with E-state index in [1.54, 1.807) is 0 Å². The first-order valence-corrected chi connectivity index (χ1v) is 12.5. The molecule has 2 aliphatic heterocycles. The Morgan fingerprint density at radius 2 is 1.49 bits per heavy atom. The molecular weight excluding hydrogens is 542 g/mol. The SMILES string of the molecule is NC[C@H]1O[C@@H](n2c(C#CCOC[C@H]3O[C@@H](n4cnc5c(N)ncnc54)[C@H](O)[C@@H]3O)nc3c(N)ncnc32)[C@H](O)[C@@H]1O. The minimum atomic E-state index is -1.33. The fraction of sp³-hybridized carbons (Fsp3) is 0.478. The third-order valence-corrected chi connectivity index (χ3v) is 6.98. The molecule has 8 atom stereocenters. The molecule has 0 unspecified atom stereocenters. The second-order valence-electron chi connectivity index (χ2n) is 9.46. The van der Waals surface area contributed by atoms with Crippen molar-refractivity contribution in [3.8, 4) is 11.8 Å². The van der Waals surface area contributed by atoms with Crippen molar-refractivity contribution in [1.29, 1.82) is 0 Å². The molecule has 6 heterocycles. The van der Waals surface area contributed by atoms with Gasteiger partial charge in [-0.2, -0.15) is 0 Å². The van der Waals surface area contributed by atoms with Crippen LogP contribution in [0.3, 0.4) is 0 Å². The first-order valence-electron chi connectivity index (χ1n) is 12.5. The van der Waals surface area contributed by atoms with Crippen LogP contribution in [0, 0.1) is 11.8 Å². The van der Waals surface area contributed by atoms with Gasteiger partial charge in [-0.1, -0.05) is 5.92 Å². The van der Waals surface area contributed by atoms with Gasteiger partial charge in [-0.15, -0.1) is 0 Å². The molecule has 0 bridgehead atoms. The molecule has 18 heteroatoms. The van der Waals surface area contributed by atoms with Gasteiger partial charge in [0.2, 0.25) is 0 Å². The molecule has 10 N–H and O–H groups in total. The van der Waals surface area contributed by atoms with E-state index in [-0.39, 0.29) is 48.4 Å². The average molecular weight is 570 g/mol. The van der Waals surface area contributed by atoms with Crippen LogP contribution in [-0.4, -0.2) is 116 Å². The third-order valence-electron chi connectivity index (χ3n) is 6.98. The fourth-order valence-corrected chi connectivity index (χ4v) is 4.89. The zero-order valence-electron chi connectivity index (χ0n) is 21.3. The first kappa shape index (κ1) is 27.1. The highest BCUT2D eigenvalue weighted by Gasteiger charge is 2.45. The van der Waals surface area contributed by atoms with Crippen molar-refractivity contribution in [2.24, 2.45) is 5.73 Å². The molecule has 0 aliphatic carbocycles. The Hall–Kier alpha value is -4.06. The summed E-state index contributed by atoms with van der Waals surface area (Å²) in [5.74, 6) is 6.04. The average Bonchev–Trinajstić information content (AvgIpc) is 3.70. The smallest absolute Gasteiger partial charge is 0.190 e. The fourth-order valence-electron chi connectivity index (χ4n) is 4.89. The van der Waals surface area contributed by atoms with Gasteiger partial charge in [-0.3, -0.25) is 9.13 Å². The van der Waals surface area contributed by atoms with Crippen molar-refractivity contribution >= 4 is 34.0 Å². The van der Waals surface area contributed by atoms with Crippen LogP contribution < -0.4 is 17.2 Å². The van der Waals surface area contributed by atoms with E-state index < -0.39 is 49.1 Å². The number of hydrogen-bond acceptors (Lipinski definition) is 16. The number of aliphatic hydroxyl groups is 4. The third kappa shape index (κ3) is 4.59.